The fourth-order valence-corrected chi connectivity index (χ4v) is 4.69. The van der Waals surface area contributed by atoms with Crippen molar-refractivity contribution in [3.8, 4) is 5.75 Å². The Morgan fingerprint density at radius 1 is 1.13 bits per heavy atom. The zero-order valence-corrected chi connectivity index (χ0v) is 18.8. The Labute approximate surface area is 183 Å². The van der Waals surface area contributed by atoms with E-state index >= 15 is 0 Å². The highest BCUT2D eigenvalue weighted by atomic mass is 16.5. The van der Waals surface area contributed by atoms with Gasteiger partial charge >= 0.3 is 0 Å². The van der Waals surface area contributed by atoms with Gasteiger partial charge in [-0.2, -0.15) is 0 Å². The fourth-order valence-electron chi connectivity index (χ4n) is 4.69. The minimum absolute atomic E-state index is 0.0677. The quantitative estimate of drug-likeness (QED) is 0.728. The molecule has 0 aliphatic carbocycles. The number of ether oxygens (including phenoxy) is 1. The summed E-state index contributed by atoms with van der Waals surface area (Å²) in [5, 5.41) is 3.97. The second-order valence-corrected chi connectivity index (χ2v) is 8.32. The molecule has 31 heavy (non-hydrogen) atoms. The van der Waals surface area contributed by atoms with E-state index in [0.29, 0.717) is 36.6 Å². The van der Waals surface area contributed by atoms with E-state index in [4.69, 9.17) is 4.74 Å². The lowest BCUT2D eigenvalue weighted by atomic mass is 10.2. The second-order valence-electron chi connectivity index (χ2n) is 8.32. The first-order valence-electron chi connectivity index (χ1n) is 11.2. The van der Waals surface area contributed by atoms with Crippen LogP contribution in [0.1, 0.15) is 30.3 Å². The van der Waals surface area contributed by atoms with Crippen molar-refractivity contribution >= 4 is 28.4 Å². The van der Waals surface area contributed by atoms with Crippen LogP contribution in [-0.4, -0.2) is 85.6 Å². The maximum Gasteiger partial charge on any atom is 0.270 e. The Morgan fingerprint density at radius 3 is 2.52 bits per heavy atom. The molecule has 2 aliphatic rings. The molecule has 8 nitrogen and oxygen atoms in total. The highest BCUT2D eigenvalue weighted by molar-refractivity contribution is 6.14. The molecule has 3 heterocycles. The van der Waals surface area contributed by atoms with E-state index in [0.717, 1.165) is 56.6 Å². The number of aromatic nitrogens is 1. The number of piperazine rings is 1. The number of likely N-dealkylation sites (N-methyl/N-ethyl adjacent to an activating group) is 1. The smallest absolute Gasteiger partial charge is 0.270 e. The minimum atomic E-state index is -0.139. The van der Waals surface area contributed by atoms with Gasteiger partial charge in [0.15, 0.2) is 0 Å². The van der Waals surface area contributed by atoms with Crippen molar-refractivity contribution in [1.82, 2.24) is 19.7 Å². The highest BCUT2D eigenvalue weighted by Gasteiger charge is 2.31. The summed E-state index contributed by atoms with van der Waals surface area (Å²) >= 11 is 0. The number of amides is 2. The van der Waals surface area contributed by atoms with E-state index in [1.807, 2.05) is 29.8 Å². The number of methoxy groups -OCH3 is 1. The Morgan fingerprint density at radius 2 is 1.87 bits per heavy atom. The third kappa shape index (κ3) is 4.27. The van der Waals surface area contributed by atoms with Crippen LogP contribution in [0.15, 0.2) is 18.2 Å². The van der Waals surface area contributed by atoms with Crippen LogP contribution in [-0.2, 0) is 11.8 Å². The molecule has 0 bridgehead atoms. The Kier molecular flexibility index (Phi) is 6.48. The Bertz CT molecular complexity index is 962. The summed E-state index contributed by atoms with van der Waals surface area (Å²) in [4.78, 5) is 32.5. The van der Waals surface area contributed by atoms with Gasteiger partial charge in [0.25, 0.3) is 5.91 Å². The van der Waals surface area contributed by atoms with Gasteiger partial charge in [-0.15, -0.1) is 0 Å². The zero-order chi connectivity index (χ0) is 22.0. The van der Waals surface area contributed by atoms with Gasteiger partial charge in [-0.05, 0) is 31.2 Å². The van der Waals surface area contributed by atoms with Crippen molar-refractivity contribution in [2.75, 3.05) is 64.4 Å². The van der Waals surface area contributed by atoms with Gasteiger partial charge in [0.05, 0.1) is 18.3 Å². The van der Waals surface area contributed by atoms with E-state index in [-0.39, 0.29) is 11.8 Å². The number of carbonyl (C=O) groups excluding carboxylic acids is 2. The lowest BCUT2D eigenvalue weighted by Gasteiger charge is -2.33. The molecule has 1 N–H and O–H groups in total. The molecule has 2 saturated heterocycles. The minimum Gasteiger partial charge on any atom is -0.497 e. The molecular formula is C23H33N5O3. The summed E-state index contributed by atoms with van der Waals surface area (Å²) in [6, 6.07) is 5.75. The molecule has 0 atom stereocenters. The molecule has 0 unspecified atom stereocenters. The normalized spacial score (nSPS) is 18.2. The average Bonchev–Trinajstić information content (AvgIpc) is 3.33. The van der Waals surface area contributed by atoms with Crippen LogP contribution in [0.2, 0.25) is 0 Å². The standard InChI is InChI=1S/C23H33N5O3/c1-4-26-12-14-27(15-13-26)11-9-24-23(30)22-21(28-10-5-6-20(28)29)18-16-17(31-3)7-8-19(18)25(22)2/h7-8,16H,4-6,9-15H2,1-3H3,(H,24,30). The Balaban J connectivity index is 1.55. The molecule has 2 fully saturated rings. The topological polar surface area (TPSA) is 70.1 Å². The summed E-state index contributed by atoms with van der Waals surface area (Å²) in [6.07, 6.45) is 1.33. The summed E-state index contributed by atoms with van der Waals surface area (Å²) in [5.41, 5.74) is 2.15. The first-order chi connectivity index (χ1) is 15.0. The van der Waals surface area contributed by atoms with Crippen LogP contribution in [0.5, 0.6) is 5.75 Å². The zero-order valence-electron chi connectivity index (χ0n) is 18.8. The maximum absolute atomic E-state index is 13.3. The fraction of sp³-hybridized carbons (Fsp3) is 0.565. The van der Waals surface area contributed by atoms with Crippen LogP contribution < -0.4 is 15.0 Å². The number of aryl methyl sites for hydroxylation is 1. The Hall–Kier alpha value is -2.58. The monoisotopic (exact) mass is 427 g/mol. The number of benzene rings is 1. The van der Waals surface area contributed by atoms with Gasteiger partial charge in [-0.1, -0.05) is 6.92 Å². The van der Waals surface area contributed by atoms with E-state index in [2.05, 4.69) is 22.0 Å². The van der Waals surface area contributed by atoms with Gasteiger partial charge in [-0.25, -0.2) is 0 Å². The number of rotatable bonds is 7. The van der Waals surface area contributed by atoms with Gasteiger partial charge in [0.2, 0.25) is 5.91 Å². The summed E-state index contributed by atoms with van der Waals surface area (Å²) in [6.45, 7) is 9.56. The lowest BCUT2D eigenvalue weighted by Crippen LogP contribution is -2.48. The molecule has 2 aliphatic heterocycles. The van der Waals surface area contributed by atoms with E-state index in [1.54, 1.807) is 12.0 Å². The first kappa shape index (κ1) is 21.6. The summed E-state index contributed by atoms with van der Waals surface area (Å²) in [7, 11) is 3.51. The number of nitrogens with one attached hydrogen (secondary N) is 1. The summed E-state index contributed by atoms with van der Waals surface area (Å²) in [5.74, 6) is 0.641. The van der Waals surface area contributed by atoms with Gasteiger partial charge < -0.3 is 24.4 Å². The molecule has 0 radical (unpaired) electrons. The van der Waals surface area contributed by atoms with Crippen molar-refractivity contribution in [2.24, 2.45) is 7.05 Å². The SMILES string of the molecule is CCN1CCN(CCNC(=O)c2c(N3CCCC3=O)c3cc(OC)ccc3n2C)CC1. The van der Waals surface area contributed by atoms with Crippen molar-refractivity contribution in [2.45, 2.75) is 19.8 Å². The van der Waals surface area contributed by atoms with Crippen LogP contribution in [0.4, 0.5) is 5.69 Å². The molecule has 1 aromatic carbocycles. The lowest BCUT2D eigenvalue weighted by molar-refractivity contribution is -0.117. The van der Waals surface area contributed by atoms with Crippen LogP contribution in [0.3, 0.4) is 0 Å². The van der Waals surface area contributed by atoms with Crippen molar-refractivity contribution < 1.29 is 14.3 Å². The second kappa shape index (κ2) is 9.28. The van der Waals surface area contributed by atoms with Gasteiger partial charge in [0.1, 0.15) is 11.4 Å². The molecule has 8 heteroatoms. The van der Waals surface area contributed by atoms with Crippen LogP contribution in [0.25, 0.3) is 10.9 Å². The summed E-state index contributed by atoms with van der Waals surface area (Å²) < 4.78 is 7.30. The van der Waals surface area contributed by atoms with Crippen molar-refractivity contribution in [3.05, 3.63) is 23.9 Å². The number of hydrogen-bond donors (Lipinski definition) is 1. The molecule has 0 spiro atoms. The largest absolute Gasteiger partial charge is 0.497 e. The van der Waals surface area contributed by atoms with E-state index in [9.17, 15) is 9.59 Å². The van der Waals surface area contributed by atoms with E-state index in [1.165, 1.54) is 0 Å². The van der Waals surface area contributed by atoms with Crippen LogP contribution in [0, 0.1) is 0 Å². The molecule has 0 saturated carbocycles. The third-order valence-corrected chi connectivity index (χ3v) is 6.56. The number of fused-ring (bicyclic) bond motifs is 1. The average molecular weight is 428 g/mol. The number of hydrogen-bond acceptors (Lipinski definition) is 5. The number of nitrogens with zero attached hydrogens (tertiary/aromatic N) is 4. The molecule has 2 amide bonds. The molecule has 4 rings (SSSR count). The predicted octanol–water partition coefficient (Wildman–Crippen LogP) is 1.68. The first-order valence-corrected chi connectivity index (χ1v) is 11.2. The molecule has 1 aromatic heterocycles. The molecule has 168 valence electrons. The van der Waals surface area contributed by atoms with Gasteiger partial charge in [-0.3, -0.25) is 14.5 Å². The van der Waals surface area contributed by atoms with Crippen LogP contribution >= 0.6 is 0 Å². The highest BCUT2D eigenvalue weighted by Crippen LogP contribution is 2.37. The molecular weight excluding hydrogens is 394 g/mol. The number of anilines is 1. The molecule has 2 aromatic rings. The number of carbonyl (C=O) groups is 2. The maximum atomic E-state index is 13.3. The van der Waals surface area contributed by atoms with Gasteiger partial charge in [0, 0.05) is 64.7 Å². The van der Waals surface area contributed by atoms with Crippen molar-refractivity contribution in [3.63, 3.8) is 0 Å². The third-order valence-electron chi connectivity index (χ3n) is 6.56. The predicted molar refractivity (Wildman–Crippen MR) is 122 cm³/mol. The van der Waals surface area contributed by atoms with Crippen molar-refractivity contribution in [1.29, 1.82) is 0 Å². The van der Waals surface area contributed by atoms with E-state index < -0.39 is 0 Å².